The molecule has 1 aromatic rings. The van der Waals surface area contributed by atoms with Crippen molar-refractivity contribution in [1.29, 1.82) is 0 Å². The Hall–Kier alpha value is -0.920. The van der Waals surface area contributed by atoms with Crippen molar-refractivity contribution in [2.24, 2.45) is 0 Å². The van der Waals surface area contributed by atoms with E-state index in [9.17, 15) is 13.2 Å². The summed E-state index contributed by atoms with van der Waals surface area (Å²) in [5.74, 6) is -0.262. The molecule has 0 radical (unpaired) electrons. The number of thiophene rings is 1. The largest absolute Gasteiger partial charge is 0.354 e. The number of amides is 1. The highest BCUT2D eigenvalue weighted by Gasteiger charge is 2.24. The van der Waals surface area contributed by atoms with E-state index < -0.39 is 10.0 Å². The zero-order valence-corrected chi connectivity index (χ0v) is 11.7. The molecule has 1 saturated carbocycles. The third-order valence-electron chi connectivity index (χ3n) is 3.01. The molecule has 0 saturated heterocycles. The lowest BCUT2D eigenvalue weighted by molar-refractivity contribution is 0.0967. The van der Waals surface area contributed by atoms with Gasteiger partial charge in [-0.3, -0.25) is 4.79 Å². The van der Waals surface area contributed by atoms with Crippen LogP contribution in [0.3, 0.4) is 0 Å². The fraction of sp³-hybridized carbons (Fsp3) is 0.545. The molecule has 1 amide bonds. The molecular formula is C11H16N2O3S2. The molecule has 0 bridgehead atoms. The van der Waals surface area contributed by atoms with Crippen molar-refractivity contribution in [3.05, 3.63) is 16.3 Å². The molecule has 1 fully saturated rings. The minimum atomic E-state index is -3.48. The van der Waals surface area contributed by atoms with Crippen molar-refractivity contribution in [3.63, 3.8) is 0 Å². The van der Waals surface area contributed by atoms with E-state index in [-0.39, 0.29) is 16.8 Å². The highest BCUT2D eigenvalue weighted by atomic mass is 32.2. The Morgan fingerprint density at radius 3 is 2.67 bits per heavy atom. The molecule has 5 nitrogen and oxygen atoms in total. The smallest absolute Gasteiger partial charge is 0.261 e. The van der Waals surface area contributed by atoms with Gasteiger partial charge in [0, 0.05) is 18.5 Å². The third kappa shape index (κ3) is 2.90. The second kappa shape index (κ2) is 5.38. The summed E-state index contributed by atoms with van der Waals surface area (Å²) in [7, 11) is -1.96. The van der Waals surface area contributed by atoms with Crippen LogP contribution >= 0.6 is 11.3 Å². The monoisotopic (exact) mass is 288 g/mol. The van der Waals surface area contributed by atoms with Gasteiger partial charge in [-0.2, -0.15) is 0 Å². The molecule has 1 aliphatic rings. The van der Waals surface area contributed by atoms with Crippen LogP contribution in [0.5, 0.6) is 0 Å². The predicted octanol–water partition coefficient (Wildman–Crippen LogP) is 1.33. The van der Waals surface area contributed by atoms with Crippen LogP contribution in [0.4, 0.5) is 0 Å². The fourth-order valence-electron chi connectivity index (χ4n) is 2.03. The Morgan fingerprint density at radius 2 is 2.06 bits per heavy atom. The zero-order valence-electron chi connectivity index (χ0n) is 10.1. The van der Waals surface area contributed by atoms with Crippen molar-refractivity contribution >= 4 is 27.3 Å². The molecule has 2 rings (SSSR count). The first-order valence-corrected chi connectivity index (χ1v) is 8.22. The van der Waals surface area contributed by atoms with Crippen molar-refractivity contribution in [3.8, 4) is 0 Å². The molecule has 1 aliphatic carbocycles. The van der Waals surface area contributed by atoms with Crippen LogP contribution in [0.25, 0.3) is 0 Å². The maximum atomic E-state index is 12.1. The van der Waals surface area contributed by atoms with Gasteiger partial charge in [0.1, 0.15) is 0 Å². The summed E-state index contributed by atoms with van der Waals surface area (Å²) in [5.41, 5.74) is 0. The SMILES string of the molecule is CNC(=O)c1cc(S(=O)(=O)NC2CCCC2)cs1. The molecule has 0 atom stereocenters. The topological polar surface area (TPSA) is 75.3 Å². The molecule has 0 aromatic carbocycles. The van der Waals surface area contributed by atoms with Gasteiger partial charge in [0.25, 0.3) is 5.91 Å². The summed E-state index contributed by atoms with van der Waals surface area (Å²) >= 11 is 1.14. The van der Waals surface area contributed by atoms with Crippen LogP contribution in [0.2, 0.25) is 0 Å². The Bertz CT molecular complexity index is 530. The fourth-order valence-corrected chi connectivity index (χ4v) is 4.56. The molecule has 0 aliphatic heterocycles. The summed E-state index contributed by atoms with van der Waals surface area (Å²) in [5, 5.41) is 3.98. The second-order valence-corrected chi connectivity index (χ2v) is 6.95. The van der Waals surface area contributed by atoms with Gasteiger partial charge in [-0.25, -0.2) is 13.1 Å². The lowest BCUT2D eigenvalue weighted by Gasteiger charge is -2.10. The summed E-state index contributed by atoms with van der Waals surface area (Å²) in [6.45, 7) is 0. The first kappa shape index (κ1) is 13.5. The Kier molecular flexibility index (Phi) is 4.04. The first-order valence-electron chi connectivity index (χ1n) is 5.86. The molecule has 0 unspecified atom stereocenters. The summed E-state index contributed by atoms with van der Waals surface area (Å²) in [6.07, 6.45) is 3.93. The van der Waals surface area contributed by atoms with Gasteiger partial charge >= 0.3 is 0 Å². The maximum absolute atomic E-state index is 12.1. The van der Waals surface area contributed by atoms with Gasteiger partial charge < -0.3 is 5.32 Å². The summed E-state index contributed by atoms with van der Waals surface area (Å²) < 4.78 is 26.8. The highest BCUT2D eigenvalue weighted by molar-refractivity contribution is 7.89. The van der Waals surface area contributed by atoms with Gasteiger partial charge in [0.2, 0.25) is 10.0 Å². The van der Waals surface area contributed by atoms with E-state index >= 15 is 0 Å². The van der Waals surface area contributed by atoms with E-state index in [2.05, 4.69) is 10.0 Å². The molecule has 1 aromatic heterocycles. The minimum Gasteiger partial charge on any atom is -0.354 e. The van der Waals surface area contributed by atoms with Gasteiger partial charge in [0.05, 0.1) is 9.77 Å². The van der Waals surface area contributed by atoms with E-state index in [0.29, 0.717) is 4.88 Å². The third-order valence-corrected chi connectivity index (χ3v) is 5.59. The van der Waals surface area contributed by atoms with Gasteiger partial charge in [-0.15, -0.1) is 11.3 Å². The number of hydrogen-bond donors (Lipinski definition) is 2. The second-order valence-electron chi connectivity index (χ2n) is 4.33. The molecular weight excluding hydrogens is 272 g/mol. The van der Waals surface area contributed by atoms with Gasteiger partial charge in [-0.05, 0) is 18.9 Å². The number of sulfonamides is 1. The number of nitrogens with one attached hydrogen (secondary N) is 2. The molecule has 100 valence electrons. The normalized spacial score (nSPS) is 16.9. The van der Waals surface area contributed by atoms with Crippen molar-refractivity contribution in [2.45, 2.75) is 36.6 Å². The Labute approximate surface area is 111 Å². The lowest BCUT2D eigenvalue weighted by Crippen LogP contribution is -2.32. The summed E-state index contributed by atoms with van der Waals surface area (Å²) in [6, 6.07) is 1.46. The Morgan fingerprint density at radius 1 is 1.39 bits per heavy atom. The van der Waals surface area contributed by atoms with E-state index in [1.807, 2.05) is 0 Å². The van der Waals surface area contributed by atoms with Crippen LogP contribution in [0, 0.1) is 0 Å². The van der Waals surface area contributed by atoms with E-state index in [0.717, 1.165) is 37.0 Å². The summed E-state index contributed by atoms with van der Waals surface area (Å²) in [4.78, 5) is 12.0. The quantitative estimate of drug-likeness (QED) is 0.877. The van der Waals surface area contributed by atoms with E-state index in [1.54, 1.807) is 0 Å². The van der Waals surface area contributed by atoms with Crippen LogP contribution in [0.1, 0.15) is 35.4 Å². The number of hydrogen-bond acceptors (Lipinski definition) is 4. The van der Waals surface area contributed by atoms with Crippen molar-refractivity contribution in [2.75, 3.05) is 7.05 Å². The minimum absolute atomic E-state index is 0.0401. The standard InChI is InChI=1S/C11H16N2O3S2/c1-12-11(14)10-6-9(7-17-10)18(15,16)13-8-4-2-3-5-8/h6-8,13H,2-5H2,1H3,(H,12,14). The molecule has 0 spiro atoms. The number of carbonyl (C=O) groups is 1. The Balaban J connectivity index is 2.14. The zero-order chi connectivity index (χ0) is 13.2. The van der Waals surface area contributed by atoms with Crippen LogP contribution in [-0.2, 0) is 10.0 Å². The van der Waals surface area contributed by atoms with E-state index in [4.69, 9.17) is 0 Å². The van der Waals surface area contributed by atoms with Crippen LogP contribution in [0.15, 0.2) is 16.3 Å². The predicted molar refractivity (Wildman–Crippen MR) is 70.3 cm³/mol. The lowest BCUT2D eigenvalue weighted by atomic mass is 10.3. The number of carbonyl (C=O) groups excluding carboxylic acids is 1. The van der Waals surface area contributed by atoms with Gasteiger partial charge in [0.15, 0.2) is 0 Å². The van der Waals surface area contributed by atoms with Crippen LogP contribution in [-0.4, -0.2) is 27.4 Å². The van der Waals surface area contributed by atoms with E-state index in [1.165, 1.54) is 18.5 Å². The van der Waals surface area contributed by atoms with Crippen molar-refractivity contribution in [1.82, 2.24) is 10.0 Å². The average Bonchev–Trinajstić information content (AvgIpc) is 2.97. The highest BCUT2D eigenvalue weighted by Crippen LogP contribution is 2.23. The van der Waals surface area contributed by atoms with Gasteiger partial charge in [-0.1, -0.05) is 12.8 Å². The molecule has 1 heterocycles. The maximum Gasteiger partial charge on any atom is 0.261 e. The average molecular weight is 288 g/mol. The molecule has 7 heteroatoms. The molecule has 2 N–H and O–H groups in total. The first-order chi connectivity index (χ1) is 8.53. The molecule has 18 heavy (non-hydrogen) atoms. The van der Waals surface area contributed by atoms with Crippen molar-refractivity contribution < 1.29 is 13.2 Å². The van der Waals surface area contributed by atoms with Crippen LogP contribution < -0.4 is 10.0 Å². The number of rotatable bonds is 4.